The monoisotopic (exact) mass is 317 g/mol. The molecule has 6 heteroatoms. The van der Waals surface area contributed by atoms with Crippen molar-refractivity contribution < 1.29 is 19.1 Å². The second-order valence-corrected chi connectivity index (χ2v) is 5.06. The highest BCUT2D eigenvalue weighted by Crippen LogP contribution is 2.16. The van der Waals surface area contributed by atoms with Gasteiger partial charge < -0.3 is 9.47 Å². The van der Waals surface area contributed by atoms with Gasteiger partial charge in [-0.3, -0.25) is 14.3 Å². The van der Waals surface area contributed by atoms with Crippen LogP contribution < -0.4 is 14.2 Å². The van der Waals surface area contributed by atoms with Crippen LogP contribution in [0.3, 0.4) is 0 Å². The number of methoxy groups -OCH3 is 2. The van der Waals surface area contributed by atoms with Gasteiger partial charge in [0.2, 0.25) is 5.12 Å². The van der Waals surface area contributed by atoms with Crippen LogP contribution in [-0.4, -0.2) is 25.2 Å². The topological polar surface area (TPSA) is 64.6 Å². The van der Waals surface area contributed by atoms with Crippen molar-refractivity contribution in [3.8, 4) is 11.5 Å². The van der Waals surface area contributed by atoms with Gasteiger partial charge in [0.25, 0.3) is 5.91 Å². The summed E-state index contributed by atoms with van der Waals surface area (Å²) < 4.78 is 12.6. The van der Waals surface area contributed by atoms with Crippen molar-refractivity contribution in [1.82, 2.24) is 4.72 Å². The maximum absolute atomic E-state index is 12.0. The van der Waals surface area contributed by atoms with Crippen LogP contribution in [0, 0.1) is 0 Å². The molecule has 22 heavy (non-hydrogen) atoms. The Bertz CT molecular complexity index is 593. The quantitative estimate of drug-likeness (QED) is 0.878. The zero-order valence-electron chi connectivity index (χ0n) is 12.2. The number of rotatable bonds is 4. The molecule has 1 amide bonds. The van der Waals surface area contributed by atoms with E-state index in [2.05, 4.69) is 4.72 Å². The molecule has 2 rings (SSSR count). The summed E-state index contributed by atoms with van der Waals surface area (Å²) in [6.07, 6.45) is 0. The largest absolute Gasteiger partial charge is 0.497 e. The molecule has 0 heterocycles. The van der Waals surface area contributed by atoms with Gasteiger partial charge in [-0.2, -0.15) is 0 Å². The molecule has 0 aromatic heterocycles. The van der Waals surface area contributed by atoms with Gasteiger partial charge in [-0.15, -0.1) is 0 Å². The lowest BCUT2D eigenvalue weighted by atomic mass is 10.2. The van der Waals surface area contributed by atoms with Crippen molar-refractivity contribution in [2.45, 2.75) is 0 Å². The first-order valence-corrected chi connectivity index (χ1v) is 7.25. The van der Waals surface area contributed by atoms with E-state index in [-0.39, 0.29) is 11.0 Å². The van der Waals surface area contributed by atoms with E-state index >= 15 is 0 Å². The lowest BCUT2D eigenvalue weighted by Crippen LogP contribution is -2.18. The smallest absolute Gasteiger partial charge is 0.261 e. The van der Waals surface area contributed by atoms with Crippen molar-refractivity contribution in [3.05, 3.63) is 59.7 Å². The summed E-state index contributed by atoms with van der Waals surface area (Å²) in [7, 11) is 3.11. The molecule has 0 saturated heterocycles. The van der Waals surface area contributed by atoms with Crippen molar-refractivity contribution in [2.75, 3.05) is 14.2 Å². The molecule has 0 atom stereocenters. The number of carbonyl (C=O) groups is 2. The Morgan fingerprint density at radius 1 is 0.818 bits per heavy atom. The fraction of sp³-hybridized carbons (Fsp3) is 0.125. The highest BCUT2D eigenvalue weighted by atomic mass is 32.2. The van der Waals surface area contributed by atoms with Crippen LogP contribution in [0.4, 0.5) is 0 Å². The number of amides is 1. The van der Waals surface area contributed by atoms with Crippen molar-refractivity contribution >= 4 is 23.0 Å². The molecule has 5 nitrogen and oxygen atoms in total. The summed E-state index contributed by atoms with van der Waals surface area (Å²) in [5.74, 6) is 0.997. The molecule has 0 fully saturated rings. The molecular formula is C16H15NO4S. The molecule has 2 aromatic rings. The molecular weight excluding hydrogens is 302 g/mol. The number of ether oxygens (including phenoxy) is 2. The maximum atomic E-state index is 12.0. The first-order chi connectivity index (χ1) is 10.6. The molecule has 0 saturated carbocycles. The minimum Gasteiger partial charge on any atom is -0.497 e. The van der Waals surface area contributed by atoms with Crippen molar-refractivity contribution in [1.29, 1.82) is 0 Å². The number of benzene rings is 2. The van der Waals surface area contributed by atoms with E-state index in [0.29, 0.717) is 22.6 Å². The van der Waals surface area contributed by atoms with Gasteiger partial charge in [-0.05, 0) is 48.5 Å². The lowest BCUT2D eigenvalue weighted by molar-refractivity contribution is 0.0978. The maximum Gasteiger partial charge on any atom is 0.261 e. The zero-order valence-corrected chi connectivity index (χ0v) is 13.0. The van der Waals surface area contributed by atoms with Crippen LogP contribution in [0.1, 0.15) is 20.7 Å². The lowest BCUT2D eigenvalue weighted by Gasteiger charge is -2.05. The number of nitrogens with one attached hydrogen (secondary N) is 1. The molecule has 0 radical (unpaired) electrons. The fourth-order valence-corrected chi connectivity index (χ4v) is 2.24. The molecule has 0 spiro atoms. The van der Waals surface area contributed by atoms with Crippen LogP contribution in [0.15, 0.2) is 48.5 Å². The van der Waals surface area contributed by atoms with E-state index in [4.69, 9.17) is 9.47 Å². The molecule has 1 N–H and O–H groups in total. The van der Waals surface area contributed by atoms with E-state index in [1.54, 1.807) is 62.8 Å². The van der Waals surface area contributed by atoms with Crippen LogP contribution in [-0.2, 0) is 0 Å². The van der Waals surface area contributed by atoms with Crippen molar-refractivity contribution in [3.63, 3.8) is 0 Å². The molecule has 2 aromatic carbocycles. The molecule has 0 aliphatic carbocycles. The Kier molecular flexibility index (Phi) is 5.43. The van der Waals surface area contributed by atoms with Gasteiger partial charge in [0.1, 0.15) is 11.5 Å². The van der Waals surface area contributed by atoms with Gasteiger partial charge in [-0.1, -0.05) is 0 Å². The van der Waals surface area contributed by atoms with E-state index in [0.717, 1.165) is 11.9 Å². The summed E-state index contributed by atoms with van der Waals surface area (Å²) in [5, 5.41) is -0.246. The molecule has 0 aliphatic rings. The Morgan fingerprint density at radius 3 is 1.73 bits per heavy atom. The third kappa shape index (κ3) is 4.02. The molecule has 0 unspecified atom stereocenters. The summed E-state index contributed by atoms with van der Waals surface area (Å²) >= 11 is 0.745. The predicted molar refractivity (Wildman–Crippen MR) is 85.4 cm³/mol. The van der Waals surface area contributed by atoms with Gasteiger partial charge >= 0.3 is 0 Å². The summed E-state index contributed by atoms with van der Waals surface area (Å²) in [6.45, 7) is 0. The highest BCUT2D eigenvalue weighted by molar-refractivity contribution is 8.12. The predicted octanol–water partition coefficient (Wildman–Crippen LogP) is 2.92. The Balaban J connectivity index is 1.92. The van der Waals surface area contributed by atoms with Crippen LogP contribution in [0.2, 0.25) is 0 Å². The van der Waals surface area contributed by atoms with E-state index < -0.39 is 0 Å². The van der Waals surface area contributed by atoms with Crippen LogP contribution in [0.25, 0.3) is 0 Å². The molecule has 0 bridgehead atoms. The van der Waals surface area contributed by atoms with Gasteiger partial charge in [-0.25, -0.2) is 0 Å². The Morgan fingerprint density at radius 2 is 1.27 bits per heavy atom. The summed E-state index contributed by atoms with van der Waals surface area (Å²) in [4.78, 5) is 23.9. The van der Waals surface area contributed by atoms with Crippen LogP contribution in [0.5, 0.6) is 11.5 Å². The summed E-state index contributed by atoms with van der Waals surface area (Å²) in [5.41, 5.74) is 0.941. The van der Waals surface area contributed by atoms with Gasteiger partial charge in [0, 0.05) is 23.1 Å². The average Bonchev–Trinajstić information content (AvgIpc) is 2.59. The minimum absolute atomic E-state index is 0.246. The third-order valence-corrected chi connectivity index (χ3v) is 3.62. The third-order valence-electron chi connectivity index (χ3n) is 2.91. The van der Waals surface area contributed by atoms with E-state index in [1.165, 1.54) is 0 Å². The Labute approximate surface area is 132 Å². The number of carbonyl (C=O) groups excluding carboxylic acids is 2. The first-order valence-electron chi connectivity index (χ1n) is 6.43. The fourth-order valence-electron chi connectivity index (χ4n) is 1.68. The second-order valence-electron chi connectivity index (χ2n) is 4.28. The van der Waals surface area contributed by atoms with Gasteiger partial charge in [0.15, 0.2) is 0 Å². The number of hydrogen-bond acceptors (Lipinski definition) is 5. The first kappa shape index (κ1) is 15.9. The minimum atomic E-state index is -0.338. The second kappa shape index (κ2) is 7.51. The van der Waals surface area contributed by atoms with E-state index in [9.17, 15) is 9.59 Å². The normalized spacial score (nSPS) is 9.91. The highest BCUT2D eigenvalue weighted by Gasteiger charge is 2.11. The Hall–Kier alpha value is -2.47. The number of hydrogen-bond donors (Lipinski definition) is 1. The van der Waals surface area contributed by atoms with Crippen molar-refractivity contribution in [2.24, 2.45) is 0 Å². The van der Waals surface area contributed by atoms with E-state index in [1.807, 2.05) is 0 Å². The average molecular weight is 317 g/mol. The summed E-state index contributed by atoms with van der Waals surface area (Å²) in [6, 6.07) is 13.3. The standard InChI is InChI=1S/C16H15NO4S/c1-20-13-7-3-11(4-8-13)15(18)17-22-16(19)12-5-9-14(21-2)10-6-12/h3-10H,1-2H3,(H,17,18). The zero-order chi connectivity index (χ0) is 15.9. The van der Waals surface area contributed by atoms with Crippen LogP contribution >= 0.6 is 11.9 Å². The molecule has 0 aliphatic heterocycles. The molecule has 114 valence electrons. The van der Waals surface area contributed by atoms with Gasteiger partial charge in [0.05, 0.1) is 14.2 Å². The SMILES string of the molecule is COc1ccc(C(=O)NSC(=O)c2ccc(OC)cc2)cc1.